The summed E-state index contributed by atoms with van der Waals surface area (Å²) in [5.74, 6) is 2.83. The van der Waals surface area contributed by atoms with Gasteiger partial charge in [0.05, 0.1) is 5.56 Å². The number of rotatable bonds is 7. The van der Waals surface area contributed by atoms with Crippen LogP contribution in [-0.2, 0) is 4.74 Å². The number of hydrogen-bond acceptors (Lipinski definition) is 3. The van der Waals surface area contributed by atoms with Gasteiger partial charge in [0, 0.05) is 11.3 Å². The molecule has 0 spiro atoms. The molecule has 1 heterocycles. The highest BCUT2D eigenvalue weighted by molar-refractivity contribution is 7.08. The first-order valence-corrected chi connectivity index (χ1v) is 11.6. The van der Waals surface area contributed by atoms with Crippen molar-refractivity contribution in [1.29, 1.82) is 0 Å². The molecule has 0 bridgehead atoms. The Morgan fingerprint density at radius 3 is 2.77 bits per heavy atom. The molecule has 3 rings (SSSR count). The van der Waals surface area contributed by atoms with Crippen molar-refractivity contribution in [2.45, 2.75) is 85.2 Å². The van der Waals surface area contributed by atoms with Gasteiger partial charge < -0.3 is 4.74 Å². The molecule has 0 N–H and O–H groups in total. The summed E-state index contributed by atoms with van der Waals surface area (Å²) in [5, 5.41) is 3.85. The van der Waals surface area contributed by atoms with Gasteiger partial charge in [-0.3, -0.25) is 0 Å². The summed E-state index contributed by atoms with van der Waals surface area (Å²) < 4.78 is 6.02. The zero-order chi connectivity index (χ0) is 18.7. The van der Waals surface area contributed by atoms with Crippen molar-refractivity contribution in [3.05, 3.63) is 22.4 Å². The van der Waals surface area contributed by atoms with Gasteiger partial charge in [-0.25, -0.2) is 4.79 Å². The summed E-state index contributed by atoms with van der Waals surface area (Å²) in [6, 6.07) is 1.88. The molecule has 146 valence electrons. The number of carbonyl (C=O) groups is 1. The summed E-state index contributed by atoms with van der Waals surface area (Å²) in [6.07, 6.45) is 10.3. The molecule has 1 aromatic rings. The van der Waals surface area contributed by atoms with E-state index in [0.717, 1.165) is 29.7 Å². The third-order valence-electron chi connectivity index (χ3n) is 7.28. The molecule has 2 aliphatic rings. The monoisotopic (exact) mass is 376 g/mol. The van der Waals surface area contributed by atoms with Crippen LogP contribution in [0.1, 0.15) is 89.4 Å². The molecule has 0 unspecified atom stereocenters. The van der Waals surface area contributed by atoms with Gasteiger partial charge in [-0.2, -0.15) is 11.3 Å². The van der Waals surface area contributed by atoms with Crippen LogP contribution in [0.2, 0.25) is 0 Å². The molecule has 0 aliphatic heterocycles. The maximum atomic E-state index is 12.5. The minimum absolute atomic E-state index is 0.117. The average molecular weight is 377 g/mol. The molecule has 2 nitrogen and oxygen atoms in total. The van der Waals surface area contributed by atoms with Crippen LogP contribution in [0.3, 0.4) is 0 Å². The quantitative estimate of drug-likeness (QED) is 0.481. The zero-order valence-electron chi connectivity index (χ0n) is 17.0. The lowest BCUT2D eigenvalue weighted by atomic mass is 9.61. The predicted molar refractivity (Wildman–Crippen MR) is 110 cm³/mol. The normalized spacial score (nSPS) is 32.4. The van der Waals surface area contributed by atoms with Gasteiger partial charge in [0.1, 0.15) is 6.10 Å². The highest BCUT2D eigenvalue weighted by Crippen LogP contribution is 2.58. The molecule has 3 heteroatoms. The lowest BCUT2D eigenvalue weighted by Crippen LogP contribution is -2.43. The molecular weight excluding hydrogens is 340 g/mol. The van der Waals surface area contributed by atoms with Gasteiger partial charge in [0.15, 0.2) is 0 Å². The molecule has 26 heavy (non-hydrogen) atoms. The van der Waals surface area contributed by atoms with E-state index < -0.39 is 0 Å². The topological polar surface area (TPSA) is 26.3 Å². The van der Waals surface area contributed by atoms with Gasteiger partial charge >= 0.3 is 5.97 Å². The molecule has 0 amide bonds. The van der Waals surface area contributed by atoms with Gasteiger partial charge in [0.25, 0.3) is 0 Å². The number of ether oxygens (including phenoxy) is 1. The first-order valence-electron chi connectivity index (χ1n) is 10.6. The van der Waals surface area contributed by atoms with E-state index in [1.54, 1.807) is 11.3 Å². The van der Waals surface area contributed by atoms with E-state index in [9.17, 15) is 4.79 Å². The second-order valence-electron chi connectivity index (χ2n) is 9.45. The highest BCUT2D eigenvalue weighted by atomic mass is 32.1. The largest absolute Gasteiger partial charge is 0.458 e. The molecule has 0 saturated heterocycles. The first kappa shape index (κ1) is 19.9. The Balaban J connectivity index is 1.63. The minimum atomic E-state index is -0.117. The summed E-state index contributed by atoms with van der Waals surface area (Å²) in [7, 11) is 0. The Morgan fingerprint density at radius 1 is 1.27 bits per heavy atom. The van der Waals surface area contributed by atoms with E-state index in [0.29, 0.717) is 11.3 Å². The summed E-state index contributed by atoms with van der Waals surface area (Å²) in [6.45, 7) is 9.62. The fourth-order valence-corrected chi connectivity index (χ4v) is 6.50. The molecular formula is C23H36O2S. The Bertz CT molecular complexity index is 579. The average Bonchev–Trinajstić information content (AvgIpc) is 3.22. The van der Waals surface area contributed by atoms with Crippen molar-refractivity contribution < 1.29 is 9.53 Å². The summed E-state index contributed by atoms with van der Waals surface area (Å²) in [4.78, 5) is 12.5. The minimum Gasteiger partial charge on any atom is -0.458 e. The number of carbonyl (C=O) groups excluding carboxylic acids is 1. The van der Waals surface area contributed by atoms with Crippen LogP contribution < -0.4 is 0 Å². The molecule has 2 aliphatic carbocycles. The number of esters is 1. The molecule has 2 saturated carbocycles. The fraction of sp³-hybridized carbons (Fsp3) is 0.783. The van der Waals surface area contributed by atoms with Gasteiger partial charge in [-0.05, 0) is 66.7 Å². The highest BCUT2D eigenvalue weighted by Gasteiger charge is 2.53. The molecule has 1 aromatic heterocycles. The Labute approximate surface area is 163 Å². The van der Waals surface area contributed by atoms with Crippen molar-refractivity contribution >= 4 is 17.3 Å². The predicted octanol–water partition coefficient (Wildman–Crippen LogP) is 6.95. The van der Waals surface area contributed by atoms with Crippen molar-refractivity contribution in [3.63, 3.8) is 0 Å². The Kier molecular flexibility index (Phi) is 6.48. The molecule has 0 aromatic carbocycles. The summed E-state index contributed by atoms with van der Waals surface area (Å²) in [5.41, 5.74) is 1.08. The smallest absolute Gasteiger partial charge is 0.339 e. The maximum Gasteiger partial charge on any atom is 0.339 e. The zero-order valence-corrected chi connectivity index (χ0v) is 17.8. The van der Waals surface area contributed by atoms with Crippen LogP contribution in [0.4, 0.5) is 0 Å². The molecule has 0 radical (unpaired) electrons. The third kappa shape index (κ3) is 4.18. The second kappa shape index (κ2) is 8.46. The molecule has 2 fully saturated rings. The summed E-state index contributed by atoms with van der Waals surface area (Å²) >= 11 is 1.56. The standard InChI is InChI=1S/C23H36O2S/c1-16(2)7-5-8-17(3)19-10-11-20-21(9-6-13-23(19,20)4)25-22(24)18-12-14-26-15-18/h12,14-17,19-21H,5-11,13H2,1-4H3/t17-,19-,20+,21+,23-/m1/s1. The van der Waals surface area contributed by atoms with E-state index >= 15 is 0 Å². The van der Waals surface area contributed by atoms with Crippen LogP contribution >= 0.6 is 11.3 Å². The third-order valence-corrected chi connectivity index (χ3v) is 7.96. The number of hydrogen-bond donors (Lipinski definition) is 0. The van der Waals surface area contributed by atoms with Crippen LogP contribution in [0.25, 0.3) is 0 Å². The second-order valence-corrected chi connectivity index (χ2v) is 10.2. The van der Waals surface area contributed by atoms with Crippen molar-refractivity contribution in [2.24, 2.45) is 29.1 Å². The van der Waals surface area contributed by atoms with Gasteiger partial charge in [-0.15, -0.1) is 0 Å². The molecule has 5 atom stereocenters. The van der Waals surface area contributed by atoms with Crippen molar-refractivity contribution in [3.8, 4) is 0 Å². The van der Waals surface area contributed by atoms with Gasteiger partial charge in [-0.1, -0.05) is 47.0 Å². The van der Waals surface area contributed by atoms with Crippen LogP contribution in [0.15, 0.2) is 16.8 Å². The van der Waals surface area contributed by atoms with Crippen LogP contribution in [0.5, 0.6) is 0 Å². The number of fused-ring (bicyclic) bond motifs is 1. The van der Waals surface area contributed by atoms with E-state index in [1.165, 1.54) is 44.9 Å². The first-order chi connectivity index (χ1) is 12.4. The Morgan fingerprint density at radius 2 is 2.08 bits per heavy atom. The van der Waals surface area contributed by atoms with Crippen molar-refractivity contribution in [1.82, 2.24) is 0 Å². The van der Waals surface area contributed by atoms with E-state index in [2.05, 4.69) is 27.7 Å². The van der Waals surface area contributed by atoms with Crippen LogP contribution in [-0.4, -0.2) is 12.1 Å². The maximum absolute atomic E-state index is 12.5. The van der Waals surface area contributed by atoms with Crippen molar-refractivity contribution in [2.75, 3.05) is 0 Å². The SMILES string of the molecule is CC(C)CCC[C@@H](C)[C@H]1CC[C@H]2[C@@H](OC(=O)c3ccsc3)CCC[C@]12C. The fourth-order valence-electron chi connectivity index (χ4n) is 5.87. The van der Waals surface area contributed by atoms with E-state index in [-0.39, 0.29) is 12.1 Å². The van der Waals surface area contributed by atoms with E-state index in [1.807, 2.05) is 16.8 Å². The lowest BCUT2D eigenvalue weighted by molar-refractivity contribution is -0.0473. The van der Waals surface area contributed by atoms with E-state index in [4.69, 9.17) is 4.74 Å². The Hall–Kier alpha value is -0.830. The van der Waals surface area contributed by atoms with Crippen LogP contribution in [0, 0.1) is 29.1 Å². The van der Waals surface area contributed by atoms with Gasteiger partial charge in [0.2, 0.25) is 0 Å². The lowest BCUT2D eigenvalue weighted by Gasteiger charge is -2.46. The number of thiophene rings is 1.